The average molecular weight is 489 g/mol. The van der Waals surface area contributed by atoms with Crippen LogP contribution >= 0.6 is 15.9 Å². The van der Waals surface area contributed by atoms with Gasteiger partial charge in [0.05, 0.1) is 17.8 Å². The van der Waals surface area contributed by atoms with Gasteiger partial charge in [0.25, 0.3) is 0 Å². The highest BCUT2D eigenvalue weighted by atomic mass is 79.9. The fraction of sp³-hybridized carbons (Fsp3) is 0.417. The Kier molecular flexibility index (Phi) is 8.76. The molecule has 1 fully saturated rings. The standard InChI is InChI=1S/C24H29BrN2O4/c1-17(28)27-26-16-18-14-22(25)24(23(15-18)29-2)31-13-12-30-21-10-8-20(9-11-21)19-6-4-3-5-7-19/h8-11,14-16,19H,3-7,12-13H2,1-2H3,(H,27,28)/b26-16-. The van der Waals surface area contributed by atoms with Crippen LogP contribution in [0.15, 0.2) is 46.0 Å². The summed E-state index contributed by atoms with van der Waals surface area (Å²) in [6, 6.07) is 12.1. The average Bonchev–Trinajstić information content (AvgIpc) is 2.78. The lowest BCUT2D eigenvalue weighted by Crippen LogP contribution is -2.12. The zero-order chi connectivity index (χ0) is 22.1. The zero-order valence-corrected chi connectivity index (χ0v) is 19.6. The lowest BCUT2D eigenvalue weighted by molar-refractivity contribution is -0.118. The minimum absolute atomic E-state index is 0.231. The number of hydrogen-bond donors (Lipinski definition) is 1. The molecule has 0 radical (unpaired) electrons. The molecule has 6 nitrogen and oxygen atoms in total. The zero-order valence-electron chi connectivity index (χ0n) is 18.0. The van der Waals surface area contributed by atoms with E-state index in [4.69, 9.17) is 14.2 Å². The van der Waals surface area contributed by atoms with Crippen molar-refractivity contribution in [3.05, 3.63) is 52.0 Å². The van der Waals surface area contributed by atoms with Crippen molar-refractivity contribution in [3.8, 4) is 17.2 Å². The van der Waals surface area contributed by atoms with Gasteiger partial charge in [0.1, 0.15) is 19.0 Å². The van der Waals surface area contributed by atoms with Gasteiger partial charge in [0.15, 0.2) is 11.5 Å². The number of amides is 1. The first-order valence-corrected chi connectivity index (χ1v) is 11.4. The Balaban J connectivity index is 1.51. The number of halogens is 1. The van der Waals surface area contributed by atoms with Crippen molar-refractivity contribution >= 4 is 28.1 Å². The van der Waals surface area contributed by atoms with E-state index >= 15 is 0 Å². The van der Waals surface area contributed by atoms with E-state index in [1.54, 1.807) is 19.4 Å². The van der Waals surface area contributed by atoms with Crippen molar-refractivity contribution in [1.29, 1.82) is 0 Å². The van der Waals surface area contributed by atoms with E-state index in [2.05, 4.69) is 38.6 Å². The number of benzene rings is 2. The van der Waals surface area contributed by atoms with Crippen LogP contribution < -0.4 is 19.6 Å². The Morgan fingerprint density at radius 2 is 1.84 bits per heavy atom. The van der Waals surface area contributed by atoms with Crippen molar-refractivity contribution in [1.82, 2.24) is 5.43 Å². The molecule has 0 unspecified atom stereocenters. The summed E-state index contributed by atoms with van der Waals surface area (Å²) in [7, 11) is 1.58. The minimum atomic E-state index is -0.231. The smallest absolute Gasteiger partial charge is 0.236 e. The summed E-state index contributed by atoms with van der Waals surface area (Å²) in [5, 5.41) is 3.87. The van der Waals surface area contributed by atoms with Crippen molar-refractivity contribution in [2.45, 2.75) is 44.9 Å². The summed E-state index contributed by atoms with van der Waals surface area (Å²) < 4.78 is 17.9. The van der Waals surface area contributed by atoms with Crippen LogP contribution in [0.2, 0.25) is 0 Å². The first kappa shape index (κ1) is 23.1. The van der Waals surface area contributed by atoms with Gasteiger partial charge >= 0.3 is 0 Å². The number of nitrogens with zero attached hydrogens (tertiary/aromatic N) is 1. The molecule has 0 aromatic heterocycles. The predicted octanol–water partition coefficient (Wildman–Crippen LogP) is 5.43. The SMILES string of the molecule is COc1cc(/C=N\NC(C)=O)cc(Br)c1OCCOc1ccc(C2CCCCC2)cc1. The van der Waals surface area contributed by atoms with Crippen LogP contribution in [-0.4, -0.2) is 32.4 Å². The van der Waals surface area contributed by atoms with Gasteiger partial charge in [-0.3, -0.25) is 4.79 Å². The van der Waals surface area contributed by atoms with E-state index < -0.39 is 0 Å². The minimum Gasteiger partial charge on any atom is -0.493 e. The lowest BCUT2D eigenvalue weighted by Gasteiger charge is -2.22. The molecule has 0 bridgehead atoms. The Labute approximate surface area is 192 Å². The van der Waals surface area contributed by atoms with Crippen LogP contribution in [0, 0.1) is 0 Å². The Morgan fingerprint density at radius 1 is 1.13 bits per heavy atom. The number of methoxy groups -OCH3 is 1. The van der Waals surface area contributed by atoms with Gasteiger partial charge < -0.3 is 14.2 Å². The highest BCUT2D eigenvalue weighted by Crippen LogP contribution is 2.36. The third-order valence-corrected chi connectivity index (χ3v) is 5.83. The molecular weight excluding hydrogens is 460 g/mol. The number of ether oxygens (including phenoxy) is 3. The first-order chi connectivity index (χ1) is 15.1. The molecule has 0 atom stereocenters. The molecule has 0 aliphatic heterocycles. The second-order valence-corrected chi connectivity index (χ2v) is 8.42. The second kappa shape index (κ2) is 11.7. The van der Waals surface area contributed by atoms with Crippen LogP contribution in [0.4, 0.5) is 0 Å². The molecule has 1 aliphatic rings. The van der Waals surface area contributed by atoms with Crippen molar-refractivity contribution in [3.63, 3.8) is 0 Å². The van der Waals surface area contributed by atoms with Gasteiger partial charge in [-0.25, -0.2) is 5.43 Å². The predicted molar refractivity (Wildman–Crippen MR) is 125 cm³/mol. The van der Waals surface area contributed by atoms with E-state index in [1.165, 1.54) is 44.6 Å². The van der Waals surface area contributed by atoms with Crippen molar-refractivity contribution < 1.29 is 19.0 Å². The molecule has 0 spiro atoms. The fourth-order valence-corrected chi connectivity index (χ4v) is 4.30. The lowest BCUT2D eigenvalue weighted by atomic mass is 9.84. The largest absolute Gasteiger partial charge is 0.493 e. The molecular formula is C24H29BrN2O4. The summed E-state index contributed by atoms with van der Waals surface area (Å²) in [4.78, 5) is 10.9. The van der Waals surface area contributed by atoms with Gasteiger partial charge in [-0.1, -0.05) is 31.4 Å². The van der Waals surface area contributed by atoms with Crippen LogP contribution in [0.5, 0.6) is 17.2 Å². The molecule has 0 saturated heterocycles. The van der Waals surface area contributed by atoms with E-state index in [0.717, 1.165) is 15.8 Å². The second-order valence-electron chi connectivity index (χ2n) is 7.56. The summed E-state index contributed by atoms with van der Waals surface area (Å²) in [6.45, 7) is 2.20. The summed E-state index contributed by atoms with van der Waals surface area (Å²) in [6.07, 6.45) is 8.17. The number of carbonyl (C=O) groups is 1. The molecule has 1 amide bonds. The van der Waals surface area contributed by atoms with Crippen LogP contribution in [0.3, 0.4) is 0 Å². The van der Waals surface area contributed by atoms with Gasteiger partial charge in [0.2, 0.25) is 5.91 Å². The van der Waals surface area contributed by atoms with E-state index in [9.17, 15) is 4.79 Å². The van der Waals surface area contributed by atoms with E-state index in [1.807, 2.05) is 18.2 Å². The number of hydrazone groups is 1. The third kappa shape index (κ3) is 6.99. The van der Waals surface area contributed by atoms with Crippen LogP contribution in [0.1, 0.15) is 56.1 Å². The van der Waals surface area contributed by atoms with Crippen LogP contribution in [0.25, 0.3) is 0 Å². The van der Waals surface area contributed by atoms with E-state index in [0.29, 0.717) is 30.6 Å². The molecule has 2 aromatic carbocycles. The number of nitrogens with one attached hydrogen (secondary N) is 1. The third-order valence-electron chi connectivity index (χ3n) is 5.24. The number of carbonyl (C=O) groups excluding carboxylic acids is 1. The highest BCUT2D eigenvalue weighted by molar-refractivity contribution is 9.10. The van der Waals surface area contributed by atoms with Crippen molar-refractivity contribution in [2.75, 3.05) is 20.3 Å². The molecule has 166 valence electrons. The molecule has 3 rings (SSSR count). The first-order valence-electron chi connectivity index (χ1n) is 10.6. The molecule has 2 aromatic rings. The van der Waals surface area contributed by atoms with E-state index in [-0.39, 0.29) is 5.91 Å². The van der Waals surface area contributed by atoms with Gasteiger partial charge in [-0.15, -0.1) is 0 Å². The summed E-state index contributed by atoms with van der Waals surface area (Å²) in [5.41, 5.74) is 4.55. The Bertz CT molecular complexity index is 893. The summed E-state index contributed by atoms with van der Waals surface area (Å²) in [5.74, 6) is 2.47. The maximum atomic E-state index is 10.9. The molecule has 7 heteroatoms. The number of hydrogen-bond acceptors (Lipinski definition) is 5. The monoisotopic (exact) mass is 488 g/mol. The Morgan fingerprint density at radius 3 is 2.52 bits per heavy atom. The molecule has 31 heavy (non-hydrogen) atoms. The maximum Gasteiger partial charge on any atom is 0.236 e. The van der Waals surface area contributed by atoms with Crippen LogP contribution in [-0.2, 0) is 4.79 Å². The fourth-order valence-electron chi connectivity index (χ4n) is 3.73. The Hall–Kier alpha value is -2.54. The topological polar surface area (TPSA) is 69.2 Å². The molecule has 1 N–H and O–H groups in total. The molecule has 1 aliphatic carbocycles. The molecule has 1 saturated carbocycles. The maximum absolute atomic E-state index is 10.9. The van der Waals surface area contributed by atoms with Gasteiger partial charge in [-0.2, -0.15) is 5.10 Å². The van der Waals surface area contributed by atoms with Gasteiger partial charge in [0, 0.05) is 6.92 Å². The number of rotatable bonds is 9. The molecule has 0 heterocycles. The normalized spacial score (nSPS) is 14.4. The quantitative estimate of drug-likeness (QED) is 0.290. The van der Waals surface area contributed by atoms with Crippen molar-refractivity contribution in [2.24, 2.45) is 5.10 Å². The van der Waals surface area contributed by atoms with Gasteiger partial charge in [-0.05, 0) is 70.1 Å². The summed E-state index contributed by atoms with van der Waals surface area (Å²) >= 11 is 3.51. The highest BCUT2D eigenvalue weighted by Gasteiger charge is 2.15.